The Morgan fingerprint density at radius 1 is 1.26 bits per heavy atom. The molecular formula is C16H20N2O. The van der Waals surface area contributed by atoms with Crippen LogP contribution in [0.1, 0.15) is 31.2 Å². The molecular weight excluding hydrogens is 236 g/mol. The summed E-state index contributed by atoms with van der Waals surface area (Å²) in [5.74, 6) is 0.927. The van der Waals surface area contributed by atoms with Gasteiger partial charge in [0.25, 0.3) is 0 Å². The third-order valence-electron chi connectivity index (χ3n) is 3.82. The van der Waals surface area contributed by atoms with Crippen molar-refractivity contribution < 1.29 is 4.74 Å². The average Bonchev–Trinajstić information content (AvgIpc) is 2.97. The van der Waals surface area contributed by atoms with Crippen molar-refractivity contribution in [3.63, 3.8) is 0 Å². The van der Waals surface area contributed by atoms with Crippen LogP contribution < -0.4 is 5.32 Å². The number of ether oxygens (including phenoxy) is 1. The number of hydrogen-bond donors (Lipinski definition) is 1. The van der Waals surface area contributed by atoms with Crippen molar-refractivity contribution in [3.8, 4) is 0 Å². The van der Waals surface area contributed by atoms with Gasteiger partial charge in [0.1, 0.15) is 5.82 Å². The highest BCUT2D eigenvalue weighted by Gasteiger charge is 2.16. The van der Waals surface area contributed by atoms with E-state index < -0.39 is 0 Å². The molecule has 1 heterocycles. The topological polar surface area (TPSA) is 34.2 Å². The Bertz CT molecular complexity index is 562. The van der Waals surface area contributed by atoms with Gasteiger partial charge in [0.15, 0.2) is 0 Å². The first kappa shape index (κ1) is 12.4. The van der Waals surface area contributed by atoms with Gasteiger partial charge in [-0.3, -0.25) is 0 Å². The Balaban J connectivity index is 1.83. The van der Waals surface area contributed by atoms with Crippen LogP contribution in [0.15, 0.2) is 30.3 Å². The summed E-state index contributed by atoms with van der Waals surface area (Å²) in [6, 6.07) is 10.4. The summed E-state index contributed by atoms with van der Waals surface area (Å²) in [6.45, 7) is 0.651. The van der Waals surface area contributed by atoms with E-state index in [0.29, 0.717) is 12.7 Å². The van der Waals surface area contributed by atoms with E-state index in [1.54, 1.807) is 0 Å². The minimum Gasteiger partial charge on any atom is -0.373 e. The normalized spacial score (nSPS) is 16.1. The fourth-order valence-electron chi connectivity index (χ4n) is 2.75. The second kappa shape index (κ2) is 5.57. The summed E-state index contributed by atoms with van der Waals surface area (Å²) >= 11 is 0. The predicted octanol–water partition coefficient (Wildman–Crippen LogP) is 3.74. The highest BCUT2D eigenvalue weighted by atomic mass is 16.5. The van der Waals surface area contributed by atoms with Crippen molar-refractivity contribution in [2.45, 2.75) is 38.4 Å². The average molecular weight is 256 g/mol. The Hall–Kier alpha value is -1.61. The second-order valence-corrected chi connectivity index (χ2v) is 5.16. The number of rotatable bonds is 4. The van der Waals surface area contributed by atoms with E-state index in [-0.39, 0.29) is 0 Å². The number of aromatic nitrogens is 1. The molecule has 2 aromatic rings. The number of nitrogens with zero attached hydrogens (tertiary/aromatic N) is 1. The van der Waals surface area contributed by atoms with Crippen LogP contribution in [0, 0.1) is 0 Å². The molecule has 1 aromatic carbocycles. The van der Waals surface area contributed by atoms with Gasteiger partial charge in [0.2, 0.25) is 0 Å². The van der Waals surface area contributed by atoms with Crippen LogP contribution in [0.5, 0.6) is 0 Å². The summed E-state index contributed by atoms with van der Waals surface area (Å²) in [5, 5.41) is 4.34. The standard InChI is InChI=1S/C16H20N2O/c1-17-16-13(11-19-14-7-3-4-8-14)10-12-6-2-5-9-15(12)18-16/h2,5-6,9-10,14H,3-4,7-8,11H2,1H3,(H,17,18). The third-order valence-corrected chi connectivity index (χ3v) is 3.82. The van der Waals surface area contributed by atoms with Gasteiger partial charge in [0, 0.05) is 18.0 Å². The van der Waals surface area contributed by atoms with Crippen molar-refractivity contribution in [1.82, 2.24) is 4.98 Å². The van der Waals surface area contributed by atoms with Crippen molar-refractivity contribution in [3.05, 3.63) is 35.9 Å². The van der Waals surface area contributed by atoms with Gasteiger partial charge >= 0.3 is 0 Å². The predicted molar refractivity (Wildman–Crippen MR) is 78.3 cm³/mol. The number of fused-ring (bicyclic) bond motifs is 1. The van der Waals surface area contributed by atoms with E-state index in [1.807, 2.05) is 25.2 Å². The molecule has 3 heteroatoms. The van der Waals surface area contributed by atoms with Gasteiger partial charge in [-0.25, -0.2) is 4.98 Å². The highest BCUT2D eigenvalue weighted by molar-refractivity contribution is 5.81. The fourth-order valence-corrected chi connectivity index (χ4v) is 2.75. The molecule has 1 fully saturated rings. The van der Waals surface area contributed by atoms with E-state index in [1.165, 1.54) is 31.1 Å². The van der Waals surface area contributed by atoms with E-state index in [0.717, 1.165) is 16.9 Å². The van der Waals surface area contributed by atoms with Crippen molar-refractivity contribution in [2.24, 2.45) is 0 Å². The molecule has 1 aliphatic rings. The number of nitrogens with one attached hydrogen (secondary N) is 1. The molecule has 1 N–H and O–H groups in total. The van der Waals surface area contributed by atoms with Gasteiger partial charge in [-0.05, 0) is 25.0 Å². The summed E-state index contributed by atoms with van der Waals surface area (Å²) in [7, 11) is 1.91. The molecule has 0 aliphatic heterocycles. The summed E-state index contributed by atoms with van der Waals surface area (Å²) in [6.07, 6.45) is 5.46. The number of benzene rings is 1. The van der Waals surface area contributed by atoms with Crippen molar-refractivity contribution >= 4 is 16.7 Å². The Morgan fingerprint density at radius 2 is 2.05 bits per heavy atom. The van der Waals surface area contributed by atoms with Crippen LogP contribution >= 0.6 is 0 Å². The Labute approximate surface area is 114 Å². The van der Waals surface area contributed by atoms with Gasteiger partial charge in [-0.1, -0.05) is 31.0 Å². The quantitative estimate of drug-likeness (QED) is 0.905. The van der Waals surface area contributed by atoms with E-state index in [2.05, 4.69) is 22.4 Å². The van der Waals surface area contributed by atoms with Crippen LogP contribution in [-0.4, -0.2) is 18.1 Å². The summed E-state index contributed by atoms with van der Waals surface area (Å²) < 4.78 is 6.00. The fraction of sp³-hybridized carbons (Fsp3) is 0.438. The lowest BCUT2D eigenvalue weighted by molar-refractivity contribution is 0.0459. The van der Waals surface area contributed by atoms with Crippen LogP contribution in [0.3, 0.4) is 0 Å². The number of pyridine rings is 1. The summed E-state index contributed by atoms with van der Waals surface area (Å²) in [4.78, 5) is 4.65. The maximum atomic E-state index is 6.00. The zero-order chi connectivity index (χ0) is 13.1. The monoisotopic (exact) mass is 256 g/mol. The lowest BCUT2D eigenvalue weighted by atomic mass is 10.1. The highest BCUT2D eigenvalue weighted by Crippen LogP contribution is 2.25. The molecule has 1 saturated carbocycles. The first-order chi connectivity index (χ1) is 9.36. The molecule has 0 atom stereocenters. The van der Waals surface area contributed by atoms with Crippen LogP contribution in [-0.2, 0) is 11.3 Å². The largest absolute Gasteiger partial charge is 0.373 e. The molecule has 0 radical (unpaired) electrons. The van der Waals surface area contributed by atoms with Crippen molar-refractivity contribution in [1.29, 1.82) is 0 Å². The SMILES string of the molecule is CNc1nc2ccccc2cc1COC1CCCC1. The molecule has 1 aliphatic carbocycles. The number of hydrogen-bond acceptors (Lipinski definition) is 3. The maximum Gasteiger partial charge on any atom is 0.131 e. The molecule has 0 unspecified atom stereocenters. The maximum absolute atomic E-state index is 6.00. The third kappa shape index (κ3) is 2.71. The molecule has 3 nitrogen and oxygen atoms in total. The zero-order valence-electron chi connectivity index (χ0n) is 11.4. The second-order valence-electron chi connectivity index (χ2n) is 5.16. The van der Waals surface area contributed by atoms with Gasteiger partial charge in [-0.2, -0.15) is 0 Å². The molecule has 1 aromatic heterocycles. The molecule has 0 saturated heterocycles. The minimum absolute atomic E-state index is 0.441. The minimum atomic E-state index is 0.441. The van der Waals surface area contributed by atoms with Crippen LogP contribution in [0.25, 0.3) is 10.9 Å². The van der Waals surface area contributed by atoms with Gasteiger partial charge in [-0.15, -0.1) is 0 Å². The van der Waals surface area contributed by atoms with E-state index in [4.69, 9.17) is 4.74 Å². The molecule has 3 rings (SSSR count). The van der Waals surface area contributed by atoms with Crippen LogP contribution in [0.2, 0.25) is 0 Å². The van der Waals surface area contributed by atoms with E-state index >= 15 is 0 Å². The summed E-state index contributed by atoms with van der Waals surface area (Å²) in [5.41, 5.74) is 2.17. The molecule has 0 bridgehead atoms. The van der Waals surface area contributed by atoms with Gasteiger partial charge < -0.3 is 10.1 Å². The first-order valence-corrected chi connectivity index (χ1v) is 7.05. The Kier molecular flexibility index (Phi) is 3.65. The Morgan fingerprint density at radius 3 is 2.84 bits per heavy atom. The molecule has 0 spiro atoms. The lowest BCUT2D eigenvalue weighted by Crippen LogP contribution is -2.09. The lowest BCUT2D eigenvalue weighted by Gasteiger charge is -2.14. The van der Waals surface area contributed by atoms with Crippen LogP contribution in [0.4, 0.5) is 5.82 Å². The van der Waals surface area contributed by atoms with Gasteiger partial charge in [0.05, 0.1) is 18.2 Å². The number of anilines is 1. The van der Waals surface area contributed by atoms with E-state index in [9.17, 15) is 0 Å². The number of para-hydroxylation sites is 1. The first-order valence-electron chi connectivity index (χ1n) is 7.05. The van der Waals surface area contributed by atoms with Crippen molar-refractivity contribution in [2.75, 3.05) is 12.4 Å². The molecule has 19 heavy (non-hydrogen) atoms. The molecule has 0 amide bonds. The smallest absolute Gasteiger partial charge is 0.131 e. The zero-order valence-corrected chi connectivity index (χ0v) is 11.4. The molecule has 100 valence electrons.